The second-order valence-electron chi connectivity index (χ2n) is 5.99. The smallest absolute Gasteiger partial charge is 0.241 e. The first-order valence-corrected chi connectivity index (χ1v) is 10.0. The van der Waals surface area contributed by atoms with Gasteiger partial charge in [-0.2, -0.15) is 0 Å². The summed E-state index contributed by atoms with van der Waals surface area (Å²) in [5.74, 6) is -0.979. The number of halogens is 1. The highest BCUT2D eigenvalue weighted by molar-refractivity contribution is 7.92. The molecule has 0 bridgehead atoms. The topological polar surface area (TPSA) is 79.4 Å². The van der Waals surface area contributed by atoms with Crippen molar-refractivity contribution in [1.82, 2.24) is 10.3 Å². The molecule has 0 saturated heterocycles. The molecule has 3 aromatic rings. The van der Waals surface area contributed by atoms with Crippen LogP contribution in [0, 0.1) is 5.82 Å². The Bertz CT molecular complexity index is 1080. The predicted molar refractivity (Wildman–Crippen MR) is 102 cm³/mol. The van der Waals surface area contributed by atoms with Crippen LogP contribution in [-0.4, -0.2) is 32.1 Å². The summed E-state index contributed by atoms with van der Waals surface area (Å²) in [6.45, 7) is -0.458. The Balaban J connectivity index is 1.84. The van der Waals surface area contributed by atoms with Crippen molar-refractivity contribution < 1.29 is 17.6 Å². The second kappa shape index (κ2) is 7.71. The van der Waals surface area contributed by atoms with E-state index < -0.39 is 28.3 Å². The molecule has 27 heavy (non-hydrogen) atoms. The van der Waals surface area contributed by atoms with Crippen molar-refractivity contribution >= 4 is 32.5 Å². The van der Waals surface area contributed by atoms with Gasteiger partial charge in [0.2, 0.25) is 15.9 Å². The van der Waals surface area contributed by atoms with Crippen molar-refractivity contribution in [3.8, 4) is 0 Å². The van der Waals surface area contributed by atoms with E-state index in [2.05, 4.69) is 10.3 Å². The minimum Gasteiger partial charge on any atom is -0.350 e. The largest absolute Gasteiger partial charge is 0.350 e. The number of hydrogen-bond donors (Lipinski definition) is 1. The molecule has 1 amide bonds. The fourth-order valence-electron chi connectivity index (χ4n) is 2.69. The maximum Gasteiger partial charge on any atom is 0.241 e. The van der Waals surface area contributed by atoms with Crippen LogP contribution in [0.4, 0.5) is 10.1 Å². The third-order valence-corrected chi connectivity index (χ3v) is 5.13. The third-order valence-electron chi connectivity index (χ3n) is 4.00. The molecule has 0 aliphatic carbocycles. The van der Waals surface area contributed by atoms with Crippen LogP contribution in [0.5, 0.6) is 0 Å². The molecule has 0 spiro atoms. The Labute approximate surface area is 156 Å². The number of pyridine rings is 1. The number of rotatable bonds is 6. The lowest BCUT2D eigenvalue weighted by molar-refractivity contribution is -0.119. The van der Waals surface area contributed by atoms with E-state index in [1.165, 1.54) is 6.07 Å². The third kappa shape index (κ3) is 4.40. The molecule has 8 heteroatoms. The average molecular weight is 387 g/mol. The standard InChI is InChI=1S/C19H18FN3O3S/c1-27(25,26)23(17-10-4-7-14-8-5-11-21-19(14)17)13-18(24)22-12-15-6-2-3-9-16(15)20/h2-11H,12-13H2,1H3,(H,22,24). The number of sulfonamides is 1. The molecule has 0 aliphatic rings. The fraction of sp³-hybridized carbons (Fsp3) is 0.158. The minimum atomic E-state index is -3.74. The minimum absolute atomic E-state index is 0.0309. The quantitative estimate of drug-likeness (QED) is 0.705. The zero-order valence-electron chi connectivity index (χ0n) is 14.6. The number of hydrogen-bond acceptors (Lipinski definition) is 4. The molecule has 0 radical (unpaired) electrons. The van der Waals surface area contributed by atoms with Crippen LogP contribution in [0.3, 0.4) is 0 Å². The summed E-state index contributed by atoms with van der Waals surface area (Å²) in [5.41, 5.74) is 1.12. The van der Waals surface area contributed by atoms with Crippen molar-refractivity contribution in [3.63, 3.8) is 0 Å². The molecule has 1 N–H and O–H groups in total. The summed E-state index contributed by atoms with van der Waals surface area (Å²) in [5, 5.41) is 3.31. The highest BCUT2D eigenvalue weighted by Gasteiger charge is 2.23. The number of aromatic nitrogens is 1. The van der Waals surface area contributed by atoms with E-state index in [1.54, 1.807) is 42.6 Å². The van der Waals surface area contributed by atoms with Gasteiger partial charge in [0.05, 0.1) is 17.5 Å². The van der Waals surface area contributed by atoms with E-state index in [0.717, 1.165) is 15.9 Å². The number of anilines is 1. The summed E-state index contributed by atoms with van der Waals surface area (Å²) < 4.78 is 39.3. The van der Waals surface area contributed by atoms with Gasteiger partial charge in [-0.25, -0.2) is 12.8 Å². The number of amides is 1. The van der Waals surface area contributed by atoms with E-state index in [9.17, 15) is 17.6 Å². The number of benzene rings is 2. The molecule has 0 aliphatic heterocycles. The van der Waals surface area contributed by atoms with Crippen molar-refractivity contribution in [2.24, 2.45) is 0 Å². The molecule has 1 aromatic heterocycles. The summed E-state index contributed by atoms with van der Waals surface area (Å²) in [7, 11) is -3.74. The first-order chi connectivity index (χ1) is 12.9. The van der Waals surface area contributed by atoms with Gasteiger partial charge in [-0.15, -0.1) is 0 Å². The maximum atomic E-state index is 13.7. The Morgan fingerprint density at radius 2 is 1.85 bits per heavy atom. The van der Waals surface area contributed by atoms with Crippen LogP contribution >= 0.6 is 0 Å². The van der Waals surface area contributed by atoms with Gasteiger partial charge in [0.1, 0.15) is 12.4 Å². The number of nitrogens with zero attached hydrogens (tertiary/aromatic N) is 2. The number of para-hydroxylation sites is 1. The van der Waals surface area contributed by atoms with Crippen LogP contribution in [-0.2, 0) is 21.4 Å². The van der Waals surface area contributed by atoms with Crippen LogP contribution in [0.15, 0.2) is 60.8 Å². The van der Waals surface area contributed by atoms with Crippen LogP contribution in [0.1, 0.15) is 5.56 Å². The zero-order chi connectivity index (χ0) is 19.4. The predicted octanol–water partition coefficient (Wildman–Crippen LogP) is 2.46. The van der Waals surface area contributed by atoms with E-state index in [0.29, 0.717) is 16.8 Å². The number of carbonyl (C=O) groups is 1. The highest BCUT2D eigenvalue weighted by atomic mass is 32.2. The summed E-state index contributed by atoms with van der Waals surface area (Å²) in [6, 6.07) is 14.7. The van der Waals surface area contributed by atoms with E-state index >= 15 is 0 Å². The lowest BCUT2D eigenvalue weighted by Crippen LogP contribution is -2.40. The molecule has 0 atom stereocenters. The Hall–Kier alpha value is -3.00. The number of carbonyl (C=O) groups excluding carboxylic acids is 1. The number of nitrogens with one attached hydrogen (secondary N) is 1. The lowest BCUT2D eigenvalue weighted by Gasteiger charge is -2.23. The summed E-state index contributed by atoms with van der Waals surface area (Å²) >= 11 is 0. The van der Waals surface area contributed by atoms with Gasteiger partial charge in [-0.3, -0.25) is 14.1 Å². The Kier molecular flexibility index (Phi) is 5.36. The van der Waals surface area contributed by atoms with Crippen LogP contribution in [0.25, 0.3) is 10.9 Å². The van der Waals surface area contributed by atoms with Crippen LogP contribution in [0.2, 0.25) is 0 Å². The normalized spacial score (nSPS) is 11.3. The molecule has 3 rings (SSSR count). The molecule has 140 valence electrons. The van der Waals surface area contributed by atoms with Gasteiger partial charge < -0.3 is 5.32 Å². The molecule has 0 saturated carbocycles. The SMILES string of the molecule is CS(=O)(=O)N(CC(=O)NCc1ccccc1F)c1cccc2cccnc12. The molecular formula is C19H18FN3O3S. The summed E-state index contributed by atoms with van der Waals surface area (Å²) in [6.07, 6.45) is 2.59. The Morgan fingerprint density at radius 3 is 2.59 bits per heavy atom. The molecule has 6 nitrogen and oxygen atoms in total. The second-order valence-corrected chi connectivity index (χ2v) is 7.90. The van der Waals surface area contributed by atoms with Gasteiger partial charge in [-0.05, 0) is 18.2 Å². The molecule has 1 heterocycles. The highest BCUT2D eigenvalue weighted by Crippen LogP contribution is 2.26. The molecular weight excluding hydrogens is 369 g/mol. The van der Waals surface area contributed by atoms with Gasteiger partial charge in [-0.1, -0.05) is 36.4 Å². The molecule has 0 unspecified atom stereocenters. The van der Waals surface area contributed by atoms with Crippen molar-refractivity contribution in [1.29, 1.82) is 0 Å². The van der Waals surface area contributed by atoms with Gasteiger partial charge >= 0.3 is 0 Å². The first kappa shape index (κ1) is 18.8. The summed E-state index contributed by atoms with van der Waals surface area (Å²) in [4.78, 5) is 16.6. The van der Waals surface area contributed by atoms with Crippen molar-refractivity contribution in [3.05, 3.63) is 72.2 Å². The lowest BCUT2D eigenvalue weighted by atomic mass is 10.2. The number of fused-ring (bicyclic) bond motifs is 1. The van der Waals surface area contributed by atoms with Crippen LogP contribution < -0.4 is 9.62 Å². The van der Waals surface area contributed by atoms with E-state index in [-0.39, 0.29) is 6.54 Å². The maximum absolute atomic E-state index is 13.7. The van der Waals surface area contributed by atoms with Gasteiger partial charge in [0.15, 0.2) is 0 Å². The fourth-order valence-corrected chi connectivity index (χ4v) is 3.55. The van der Waals surface area contributed by atoms with Crippen molar-refractivity contribution in [2.75, 3.05) is 17.1 Å². The van der Waals surface area contributed by atoms with Crippen molar-refractivity contribution in [2.45, 2.75) is 6.54 Å². The first-order valence-electron chi connectivity index (χ1n) is 8.18. The zero-order valence-corrected chi connectivity index (χ0v) is 15.4. The molecule has 2 aromatic carbocycles. The van der Waals surface area contributed by atoms with E-state index in [4.69, 9.17) is 0 Å². The Morgan fingerprint density at radius 1 is 1.11 bits per heavy atom. The average Bonchev–Trinajstić information content (AvgIpc) is 2.64. The van der Waals surface area contributed by atoms with E-state index in [1.807, 2.05) is 12.1 Å². The van der Waals surface area contributed by atoms with Gasteiger partial charge in [0.25, 0.3) is 0 Å². The molecule has 0 fully saturated rings. The monoisotopic (exact) mass is 387 g/mol. The van der Waals surface area contributed by atoms with Gasteiger partial charge in [0, 0.05) is 23.7 Å².